The number of sulfonamides is 1. The Bertz CT molecular complexity index is 1660. The summed E-state index contributed by atoms with van der Waals surface area (Å²) < 4.78 is 36.3. The lowest BCUT2D eigenvalue weighted by atomic mass is 10.2. The molecule has 1 aliphatic rings. The highest BCUT2D eigenvalue weighted by Crippen LogP contribution is 2.30. The van der Waals surface area contributed by atoms with Gasteiger partial charge in [-0.2, -0.15) is 9.40 Å². The van der Waals surface area contributed by atoms with Gasteiger partial charge in [0.15, 0.2) is 5.52 Å². The van der Waals surface area contributed by atoms with Crippen LogP contribution in [0.2, 0.25) is 0 Å². The first-order valence-corrected chi connectivity index (χ1v) is 15.5. The molecule has 0 atom stereocenters. The molecular weight excluding hydrogens is 544 g/mol. The van der Waals surface area contributed by atoms with Crippen molar-refractivity contribution in [1.29, 1.82) is 0 Å². The van der Waals surface area contributed by atoms with E-state index in [0.717, 1.165) is 30.8 Å². The number of aromatic nitrogens is 6. The lowest BCUT2D eigenvalue weighted by Gasteiger charge is -2.33. The van der Waals surface area contributed by atoms with Gasteiger partial charge in [-0.05, 0) is 37.6 Å². The van der Waals surface area contributed by atoms with Crippen LogP contribution in [0.25, 0.3) is 22.4 Å². The molecule has 13 heteroatoms. The average molecular weight is 581 g/mol. The normalized spacial score (nSPS) is 15.0. The largest absolute Gasteiger partial charge is 0.477 e. The monoisotopic (exact) mass is 580 g/mol. The minimum absolute atomic E-state index is 0.0312. The van der Waals surface area contributed by atoms with E-state index in [4.69, 9.17) is 9.72 Å². The molecule has 1 aliphatic heterocycles. The number of nitrogens with zero attached hydrogens (tertiary/aromatic N) is 7. The maximum Gasteiger partial charge on any atom is 0.279 e. The number of nitrogens with one attached hydrogen (secondary N) is 1. The van der Waals surface area contributed by atoms with Crippen molar-refractivity contribution in [1.82, 2.24) is 38.9 Å². The van der Waals surface area contributed by atoms with Gasteiger partial charge < -0.3 is 14.6 Å². The smallest absolute Gasteiger partial charge is 0.279 e. The Morgan fingerprint density at radius 3 is 2.51 bits per heavy atom. The number of fused-ring (bicyclic) bond motifs is 1. The first-order chi connectivity index (χ1) is 19.8. The highest BCUT2D eigenvalue weighted by atomic mass is 32.2. The second-order valence-electron chi connectivity index (χ2n) is 10.00. The van der Waals surface area contributed by atoms with Gasteiger partial charge in [-0.1, -0.05) is 33.3 Å². The summed E-state index contributed by atoms with van der Waals surface area (Å²) >= 11 is 0. The minimum Gasteiger partial charge on any atom is -0.477 e. The van der Waals surface area contributed by atoms with Crippen LogP contribution in [0.3, 0.4) is 0 Å². The third-order valence-electron chi connectivity index (χ3n) is 7.17. The van der Waals surface area contributed by atoms with Gasteiger partial charge in [0, 0.05) is 32.4 Å². The molecular formula is C28H36N8O4S. The third-order valence-corrected chi connectivity index (χ3v) is 9.03. The summed E-state index contributed by atoms with van der Waals surface area (Å²) in [4.78, 5) is 32.0. The molecule has 0 amide bonds. The number of H-pyrrole nitrogens is 1. The number of ether oxygens (including phenoxy) is 1. The fraction of sp³-hybridized carbons (Fsp3) is 0.464. The maximum atomic E-state index is 13.6. The van der Waals surface area contributed by atoms with Crippen molar-refractivity contribution >= 4 is 21.1 Å². The third kappa shape index (κ3) is 6.02. The topological polar surface area (TPSA) is 139 Å². The van der Waals surface area contributed by atoms with Crippen LogP contribution < -0.4 is 10.3 Å². The van der Waals surface area contributed by atoms with Gasteiger partial charge in [-0.25, -0.2) is 18.4 Å². The molecule has 0 saturated carbocycles. The van der Waals surface area contributed by atoms with E-state index < -0.39 is 15.6 Å². The molecule has 0 unspecified atom stereocenters. The van der Waals surface area contributed by atoms with Crippen LogP contribution >= 0.6 is 0 Å². The van der Waals surface area contributed by atoms with Crippen molar-refractivity contribution in [2.75, 3.05) is 39.3 Å². The van der Waals surface area contributed by atoms with E-state index in [9.17, 15) is 13.2 Å². The van der Waals surface area contributed by atoms with Gasteiger partial charge in [0.2, 0.25) is 15.9 Å². The van der Waals surface area contributed by atoms with E-state index in [0.29, 0.717) is 56.8 Å². The second-order valence-corrected chi connectivity index (χ2v) is 11.9. The Kier molecular flexibility index (Phi) is 8.76. The van der Waals surface area contributed by atoms with Crippen LogP contribution in [0.5, 0.6) is 5.88 Å². The highest BCUT2D eigenvalue weighted by molar-refractivity contribution is 7.89. The molecule has 218 valence electrons. The molecule has 0 bridgehead atoms. The predicted molar refractivity (Wildman–Crippen MR) is 155 cm³/mol. The van der Waals surface area contributed by atoms with E-state index in [1.165, 1.54) is 16.6 Å². The number of aryl methyl sites for hydroxylation is 1. The summed E-state index contributed by atoms with van der Waals surface area (Å²) in [7, 11) is -3.82. The van der Waals surface area contributed by atoms with Gasteiger partial charge >= 0.3 is 0 Å². The van der Waals surface area contributed by atoms with E-state index >= 15 is 0 Å². The molecule has 5 heterocycles. The summed E-state index contributed by atoms with van der Waals surface area (Å²) in [5.41, 5.74) is 2.19. The summed E-state index contributed by atoms with van der Waals surface area (Å²) in [6, 6.07) is 7.16. The summed E-state index contributed by atoms with van der Waals surface area (Å²) in [6.45, 7) is 9.86. The van der Waals surface area contributed by atoms with Crippen LogP contribution in [0.15, 0.2) is 46.3 Å². The van der Waals surface area contributed by atoms with Crippen molar-refractivity contribution in [2.45, 2.75) is 51.5 Å². The van der Waals surface area contributed by atoms with Crippen molar-refractivity contribution < 1.29 is 13.2 Å². The number of likely N-dealkylation sites (N-methyl/N-ethyl adjacent to an activating group) is 1. The molecule has 41 heavy (non-hydrogen) atoms. The van der Waals surface area contributed by atoms with Crippen molar-refractivity contribution in [3.63, 3.8) is 0 Å². The Morgan fingerprint density at radius 2 is 1.83 bits per heavy atom. The Balaban J connectivity index is 1.60. The van der Waals surface area contributed by atoms with Crippen LogP contribution in [-0.4, -0.2) is 86.7 Å². The number of hydrogen-bond donors (Lipinski definition) is 1. The zero-order valence-electron chi connectivity index (χ0n) is 23.7. The molecule has 4 aromatic rings. The molecule has 1 saturated heterocycles. The van der Waals surface area contributed by atoms with Gasteiger partial charge in [-0.15, -0.1) is 0 Å². The first-order valence-electron chi connectivity index (χ1n) is 14.1. The Labute approximate surface area is 239 Å². The van der Waals surface area contributed by atoms with Crippen molar-refractivity contribution in [3.8, 4) is 17.3 Å². The molecule has 0 spiro atoms. The lowest BCUT2D eigenvalue weighted by Crippen LogP contribution is -2.48. The fourth-order valence-corrected chi connectivity index (χ4v) is 6.34. The standard InChI is InChI=1S/C28H36N8O4S/c1-4-9-23-24-25(33-36(23)19-20-10-7-8-11-29-20)27(37)32-26(31-24)22-17-21(18-30-28(22)40-16-5-2)41(38,39)35-14-12-34(6-3)13-15-35/h7-8,10-11,17-18H,4-6,9,12-16,19H2,1-3H3,(H,31,32,37). The Morgan fingerprint density at radius 1 is 1.02 bits per heavy atom. The zero-order chi connectivity index (χ0) is 29.0. The highest BCUT2D eigenvalue weighted by Gasteiger charge is 2.30. The zero-order valence-corrected chi connectivity index (χ0v) is 24.5. The predicted octanol–water partition coefficient (Wildman–Crippen LogP) is 2.69. The average Bonchev–Trinajstić information content (AvgIpc) is 3.33. The van der Waals surface area contributed by atoms with Crippen LogP contribution in [0, 0.1) is 0 Å². The van der Waals surface area contributed by atoms with Crippen LogP contribution in [0.4, 0.5) is 0 Å². The van der Waals surface area contributed by atoms with Crippen molar-refractivity contribution in [2.24, 2.45) is 0 Å². The summed E-state index contributed by atoms with van der Waals surface area (Å²) in [5, 5.41) is 4.58. The molecule has 4 aromatic heterocycles. The van der Waals surface area contributed by atoms with Crippen LogP contribution in [-0.2, 0) is 23.0 Å². The molecule has 0 aliphatic carbocycles. The molecule has 12 nitrogen and oxygen atoms in total. The SMILES string of the molecule is CCCOc1ncc(S(=O)(=O)N2CCN(CC)CC2)cc1-c1nc2c(CCC)n(Cc3ccccn3)nc2c(=O)[nH]1. The quantitative estimate of drug-likeness (QED) is 0.284. The number of hydrogen-bond acceptors (Lipinski definition) is 9. The van der Waals surface area contributed by atoms with E-state index in [1.54, 1.807) is 10.9 Å². The van der Waals surface area contributed by atoms with E-state index in [2.05, 4.69) is 31.9 Å². The van der Waals surface area contributed by atoms with Crippen molar-refractivity contribution in [3.05, 3.63) is 58.4 Å². The Hall–Kier alpha value is -3.68. The van der Waals surface area contributed by atoms with Crippen LogP contribution in [0.1, 0.15) is 45.0 Å². The number of pyridine rings is 2. The number of rotatable bonds is 11. The maximum absolute atomic E-state index is 13.6. The van der Waals surface area contributed by atoms with Gasteiger partial charge in [0.05, 0.1) is 36.3 Å². The fourth-order valence-electron chi connectivity index (χ4n) is 4.94. The molecule has 5 rings (SSSR count). The van der Waals surface area contributed by atoms with E-state index in [1.807, 2.05) is 32.0 Å². The number of piperazine rings is 1. The van der Waals surface area contributed by atoms with Gasteiger partial charge in [-0.3, -0.25) is 14.5 Å². The van der Waals surface area contributed by atoms with Gasteiger partial charge in [0.1, 0.15) is 16.2 Å². The second kappa shape index (κ2) is 12.5. The molecule has 0 aromatic carbocycles. The van der Waals surface area contributed by atoms with Gasteiger partial charge in [0.25, 0.3) is 5.56 Å². The minimum atomic E-state index is -3.82. The summed E-state index contributed by atoms with van der Waals surface area (Å²) in [6.07, 6.45) is 5.23. The molecule has 1 fully saturated rings. The number of aromatic amines is 1. The first kappa shape index (κ1) is 28.8. The lowest BCUT2D eigenvalue weighted by molar-refractivity contribution is 0.196. The van der Waals surface area contributed by atoms with E-state index in [-0.39, 0.29) is 22.1 Å². The molecule has 1 N–H and O–H groups in total. The molecule has 0 radical (unpaired) electrons. The summed E-state index contributed by atoms with van der Waals surface area (Å²) in [5.74, 6) is 0.394.